The summed E-state index contributed by atoms with van der Waals surface area (Å²) in [5.41, 5.74) is 0.655. The van der Waals surface area contributed by atoms with Crippen LogP contribution in [0.25, 0.3) is 0 Å². The van der Waals surface area contributed by atoms with Gasteiger partial charge in [0.1, 0.15) is 0 Å². The molecule has 0 saturated heterocycles. The van der Waals surface area contributed by atoms with Gasteiger partial charge >= 0.3 is 0 Å². The van der Waals surface area contributed by atoms with Gasteiger partial charge in [-0.25, -0.2) is 0 Å². The van der Waals surface area contributed by atoms with Crippen LogP contribution in [0.1, 0.15) is 79.1 Å². The summed E-state index contributed by atoms with van der Waals surface area (Å²) in [6.07, 6.45) is 9.38. The van der Waals surface area contributed by atoms with E-state index in [0.29, 0.717) is 11.3 Å². The van der Waals surface area contributed by atoms with Gasteiger partial charge in [-0.15, -0.1) is 0 Å². The van der Waals surface area contributed by atoms with Crippen LogP contribution < -0.4 is 0 Å². The Morgan fingerprint density at radius 1 is 0.652 bits per heavy atom. The summed E-state index contributed by atoms with van der Waals surface area (Å²) in [4.78, 5) is 0. The van der Waals surface area contributed by atoms with Crippen molar-refractivity contribution in [3.05, 3.63) is 0 Å². The molecule has 2 N–H and O–H groups in total. The highest BCUT2D eigenvalue weighted by Crippen LogP contribution is 2.68. The lowest BCUT2D eigenvalue weighted by Gasteiger charge is -2.64. The Kier molecular flexibility index (Phi) is 3.54. The third-order valence-corrected chi connectivity index (χ3v) is 9.53. The average Bonchev–Trinajstić information content (AvgIpc) is 2.79. The molecule has 0 aliphatic heterocycles. The lowest BCUT2D eigenvalue weighted by atomic mass is 9.41. The van der Waals surface area contributed by atoms with Crippen LogP contribution in [-0.4, -0.2) is 22.4 Å². The van der Waals surface area contributed by atoms with Crippen molar-refractivity contribution < 1.29 is 10.2 Å². The molecule has 0 radical (unpaired) electrons. The van der Waals surface area contributed by atoms with E-state index in [2.05, 4.69) is 27.7 Å². The third kappa shape index (κ3) is 2.00. The molecular formula is C21H36O2. The smallest absolute Gasteiger partial charge is 0.0596 e. The molecule has 2 nitrogen and oxygen atoms in total. The van der Waals surface area contributed by atoms with Crippen LogP contribution in [0.4, 0.5) is 0 Å². The Morgan fingerprint density at radius 3 is 2.04 bits per heavy atom. The van der Waals surface area contributed by atoms with Crippen LogP contribution in [0.15, 0.2) is 0 Å². The Bertz CT molecular complexity index is 486. The van der Waals surface area contributed by atoms with Crippen LogP contribution in [0, 0.1) is 39.9 Å². The SMILES string of the molecule is CC12CCC3C(CC[C@H]4C(C)(C)C(O)CCC34C)C1CCC2O. The largest absolute Gasteiger partial charge is 0.393 e. The van der Waals surface area contributed by atoms with Crippen LogP contribution in [0.5, 0.6) is 0 Å². The molecule has 0 aromatic rings. The first-order chi connectivity index (χ1) is 10.7. The normalized spacial score (nSPS) is 58.2. The van der Waals surface area contributed by atoms with Gasteiger partial charge in [-0.3, -0.25) is 0 Å². The van der Waals surface area contributed by atoms with Crippen molar-refractivity contribution >= 4 is 0 Å². The van der Waals surface area contributed by atoms with E-state index >= 15 is 0 Å². The van der Waals surface area contributed by atoms with E-state index < -0.39 is 0 Å². The molecule has 7 unspecified atom stereocenters. The lowest BCUT2D eigenvalue weighted by molar-refractivity contribution is -0.180. The van der Waals surface area contributed by atoms with Gasteiger partial charge in [0, 0.05) is 0 Å². The van der Waals surface area contributed by atoms with Gasteiger partial charge in [0.25, 0.3) is 0 Å². The highest BCUT2D eigenvalue weighted by atomic mass is 16.3. The number of fused-ring (bicyclic) bond motifs is 5. The Morgan fingerprint density at radius 2 is 1.30 bits per heavy atom. The third-order valence-electron chi connectivity index (χ3n) is 9.53. The fourth-order valence-electron chi connectivity index (χ4n) is 8.06. The summed E-state index contributed by atoms with van der Waals surface area (Å²) in [5.74, 6) is 3.04. The quantitative estimate of drug-likeness (QED) is 0.695. The summed E-state index contributed by atoms with van der Waals surface area (Å²) in [6, 6.07) is 0. The summed E-state index contributed by atoms with van der Waals surface area (Å²) in [5, 5.41) is 21.1. The van der Waals surface area contributed by atoms with Gasteiger partial charge in [0.05, 0.1) is 12.2 Å². The van der Waals surface area contributed by atoms with E-state index in [0.717, 1.165) is 30.6 Å². The Hall–Kier alpha value is -0.0800. The van der Waals surface area contributed by atoms with Crippen LogP contribution in [0.3, 0.4) is 0 Å². The van der Waals surface area contributed by atoms with Gasteiger partial charge in [0.2, 0.25) is 0 Å². The van der Waals surface area contributed by atoms with Crippen LogP contribution >= 0.6 is 0 Å². The van der Waals surface area contributed by atoms with E-state index in [-0.39, 0.29) is 23.0 Å². The molecule has 4 rings (SSSR count). The highest BCUT2D eigenvalue weighted by molar-refractivity contribution is 5.12. The molecular weight excluding hydrogens is 284 g/mol. The maximum atomic E-state index is 10.6. The van der Waals surface area contributed by atoms with E-state index in [1.807, 2.05) is 0 Å². The number of hydrogen-bond acceptors (Lipinski definition) is 2. The molecule has 0 aromatic heterocycles. The fraction of sp³-hybridized carbons (Fsp3) is 1.00. The molecule has 4 fully saturated rings. The number of hydrogen-bond donors (Lipinski definition) is 2. The Balaban J connectivity index is 1.67. The lowest BCUT2D eigenvalue weighted by Crippen LogP contribution is -2.59. The highest BCUT2D eigenvalue weighted by Gasteiger charge is 2.62. The number of aliphatic hydroxyl groups is 2. The fourth-order valence-corrected chi connectivity index (χ4v) is 8.06. The minimum atomic E-state index is -0.126. The number of rotatable bonds is 0. The van der Waals surface area contributed by atoms with Crippen molar-refractivity contribution in [2.24, 2.45) is 39.9 Å². The van der Waals surface area contributed by atoms with Gasteiger partial charge in [-0.1, -0.05) is 27.7 Å². The van der Waals surface area contributed by atoms with Crippen molar-refractivity contribution in [1.29, 1.82) is 0 Å². The molecule has 0 aromatic carbocycles. The predicted molar refractivity (Wildman–Crippen MR) is 92.9 cm³/mol. The molecule has 0 spiro atoms. The molecule has 8 atom stereocenters. The minimum Gasteiger partial charge on any atom is -0.393 e. The molecule has 4 saturated carbocycles. The molecule has 0 heterocycles. The van der Waals surface area contributed by atoms with Crippen molar-refractivity contribution in [3.63, 3.8) is 0 Å². The second kappa shape index (κ2) is 4.97. The number of aliphatic hydroxyl groups excluding tert-OH is 2. The molecule has 4 aliphatic carbocycles. The van der Waals surface area contributed by atoms with Crippen molar-refractivity contribution in [3.8, 4) is 0 Å². The van der Waals surface area contributed by atoms with Gasteiger partial charge < -0.3 is 10.2 Å². The summed E-state index contributed by atoms with van der Waals surface area (Å²) < 4.78 is 0. The van der Waals surface area contributed by atoms with Crippen molar-refractivity contribution in [2.45, 2.75) is 91.3 Å². The van der Waals surface area contributed by atoms with Gasteiger partial charge in [0.15, 0.2) is 0 Å². The van der Waals surface area contributed by atoms with Crippen molar-refractivity contribution in [2.75, 3.05) is 0 Å². The molecule has 132 valence electrons. The Labute approximate surface area is 142 Å². The van der Waals surface area contributed by atoms with E-state index in [4.69, 9.17) is 0 Å². The van der Waals surface area contributed by atoms with E-state index in [1.54, 1.807) is 0 Å². The summed E-state index contributed by atoms with van der Waals surface area (Å²) >= 11 is 0. The van der Waals surface area contributed by atoms with E-state index in [9.17, 15) is 10.2 Å². The first kappa shape index (κ1) is 16.4. The van der Waals surface area contributed by atoms with Gasteiger partial charge in [-0.2, -0.15) is 0 Å². The maximum absolute atomic E-state index is 10.6. The molecule has 2 heteroatoms. The zero-order valence-electron chi connectivity index (χ0n) is 15.5. The first-order valence-electron chi connectivity index (χ1n) is 10.1. The predicted octanol–water partition coefficient (Wildman–Crippen LogP) is 4.39. The molecule has 4 aliphatic rings. The van der Waals surface area contributed by atoms with Gasteiger partial charge in [-0.05, 0) is 91.3 Å². The molecule has 0 amide bonds. The summed E-state index contributed by atoms with van der Waals surface area (Å²) in [7, 11) is 0. The van der Waals surface area contributed by atoms with E-state index in [1.165, 1.54) is 38.5 Å². The monoisotopic (exact) mass is 320 g/mol. The van der Waals surface area contributed by atoms with Crippen molar-refractivity contribution in [1.82, 2.24) is 0 Å². The van der Waals surface area contributed by atoms with Crippen LogP contribution in [0.2, 0.25) is 0 Å². The standard InChI is InChI=1S/C21H36O2/c1-19(2)16-7-5-13-14-6-8-18(23)21(14,4)11-9-15(13)20(16,3)12-10-17(19)22/h13-18,22-23H,5-12H2,1-4H3/t13?,14?,15?,16-,17?,18?,20?,21?/m0/s1. The summed E-state index contributed by atoms with van der Waals surface area (Å²) in [6.45, 7) is 9.55. The average molecular weight is 321 g/mol. The molecule has 0 bridgehead atoms. The molecule has 23 heavy (non-hydrogen) atoms. The first-order valence-corrected chi connectivity index (χ1v) is 10.1. The second-order valence-corrected chi connectivity index (χ2v) is 10.5. The second-order valence-electron chi connectivity index (χ2n) is 10.5. The van der Waals surface area contributed by atoms with Crippen LogP contribution in [-0.2, 0) is 0 Å². The zero-order valence-corrected chi connectivity index (χ0v) is 15.5. The zero-order chi connectivity index (χ0) is 16.6. The topological polar surface area (TPSA) is 40.5 Å². The maximum Gasteiger partial charge on any atom is 0.0596 e. The minimum absolute atomic E-state index is 0.0634.